The molecule has 0 aromatic heterocycles. The molecule has 0 bridgehead atoms. The van der Waals surface area contributed by atoms with Crippen LogP contribution in [0.2, 0.25) is 0 Å². The highest BCUT2D eigenvalue weighted by Crippen LogP contribution is 2.24. The van der Waals surface area contributed by atoms with E-state index in [9.17, 15) is 9.90 Å². The van der Waals surface area contributed by atoms with Gasteiger partial charge in [0, 0.05) is 32.1 Å². The number of aromatic hydroxyl groups is 1. The highest BCUT2D eigenvalue weighted by atomic mass is 16.5. The van der Waals surface area contributed by atoms with Gasteiger partial charge in [-0.1, -0.05) is 6.92 Å². The first-order valence-electron chi connectivity index (χ1n) is 7.00. The van der Waals surface area contributed by atoms with E-state index in [1.807, 2.05) is 0 Å². The largest absolute Gasteiger partial charge is 0.507 e. The molecule has 0 aliphatic carbocycles. The van der Waals surface area contributed by atoms with Crippen LogP contribution in [0, 0.1) is 0 Å². The molecule has 1 saturated heterocycles. The van der Waals surface area contributed by atoms with Crippen molar-refractivity contribution in [3.8, 4) is 11.5 Å². The molecule has 0 spiro atoms. The van der Waals surface area contributed by atoms with Crippen LogP contribution in [0.5, 0.6) is 11.5 Å². The Kier molecular flexibility index (Phi) is 5.38. The summed E-state index contributed by atoms with van der Waals surface area (Å²) >= 11 is 0. The summed E-state index contributed by atoms with van der Waals surface area (Å²) in [7, 11) is 0. The van der Waals surface area contributed by atoms with Gasteiger partial charge in [-0.05, 0) is 12.1 Å². The molecule has 110 valence electrons. The van der Waals surface area contributed by atoms with E-state index in [2.05, 4.69) is 4.90 Å². The maximum absolute atomic E-state index is 11.5. The van der Waals surface area contributed by atoms with E-state index in [-0.39, 0.29) is 11.5 Å². The second-order valence-electron chi connectivity index (χ2n) is 4.76. The molecule has 0 unspecified atom stereocenters. The zero-order chi connectivity index (χ0) is 14.4. The molecule has 1 aliphatic heterocycles. The third-order valence-electron chi connectivity index (χ3n) is 3.37. The first-order valence-corrected chi connectivity index (χ1v) is 7.00. The fourth-order valence-corrected chi connectivity index (χ4v) is 2.14. The highest BCUT2D eigenvalue weighted by molar-refractivity contribution is 5.98. The Bertz CT molecular complexity index is 455. The monoisotopic (exact) mass is 279 g/mol. The van der Waals surface area contributed by atoms with Crippen molar-refractivity contribution >= 4 is 5.78 Å². The Labute approximate surface area is 119 Å². The number of morpholine rings is 1. The van der Waals surface area contributed by atoms with Gasteiger partial charge in [-0.3, -0.25) is 9.69 Å². The van der Waals surface area contributed by atoms with Crippen molar-refractivity contribution in [2.24, 2.45) is 0 Å². The number of carbonyl (C=O) groups excluding carboxylic acids is 1. The standard InChI is InChI=1S/C15H21NO4/c1-2-14(17)13-4-3-12(11-15(13)18)20-10-7-16-5-8-19-9-6-16/h3-4,11,18H,2,5-10H2,1H3. The van der Waals surface area contributed by atoms with E-state index in [1.54, 1.807) is 19.1 Å². The number of benzene rings is 1. The lowest BCUT2D eigenvalue weighted by molar-refractivity contribution is 0.0322. The normalized spacial score (nSPS) is 16.1. The van der Waals surface area contributed by atoms with Gasteiger partial charge in [0.15, 0.2) is 5.78 Å². The van der Waals surface area contributed by atoms with Gasteiger partial charge in [0.1, 0.15) is 18.1 Å². The Morgan fingerprint density at radius 3 is 2.80 bits per heavy atom. The van der Waals surface area contributed by atoms with E-state index in [0.717, 1.165) is 32.8 Å². The van der Waals surface area contributed by atoms with Crippen LogP contribution in [0.1, 0.15) is 23.7 Å². The molecular weight excluding hydrogens is 258 g/mol. The third-order valence-corrected chi connectivity index (χ3v) is 3.37. The topological polar surface area (TPSA) is 59.0 Å². The first-order chi connectivity index (χ1) is 9.70. The van der Waals surface area contributed by atoms with E-state index in [4.69, 9.17) is 9.47 Å². The van der Waals surface area contributed by atoms with Gasteiger partial charge in [-0.2, -0.15) is 0 Å². The van der Waals surface area contributed by atoms with E-state index < -0.39 is 0 Å². The van der Waals surface area contributed by atoms with E-state index >= 15 is 0 Å². The molecule has 0 amide bonds. The summed E-state index contributed by atoms with van der Waals surface area (Å²) in [6.07, 6.45) is 0.380. The quantitative estimate of drug-likeness (QED) is 0.803. The van der Waals surface area contributed by atoms with Gasteiger partial charge >= 0.3 is 0 Å². The summed E-state index contributed by atoms with van der Waals surface area (Å²) in [5.41, 5.74) is 0.355. The van der Waals surface area contributed by atoms with Gasteiger partial charge in [0.05, 0.1) is 18.8 Å². The summed E-state index contributed by atoms with van der Waals surface area (Å²) in [5.74, 6) is 0.506. The van der Waals surface area contributed by atoms with Crippen molar-refractivity contribution in [3.63, 3.8) is 0 Å². The number of nitrogens with zero attached hydrogens (tertiary/aromatic N) is 1. The van der Waals surface area contributed by atoms with Crippen LogP contribution < -0.4 is 4.74 Å². The predicted molar refractivity (Wildman–Crippen MR) is 75.5 cm³/mol. The van der Waals surface area contributed by atoms with Crippen molar-refractivity contribution < 1.29 is 19.4 Å². The Balaban J connectivity index is 1.84. The highest BCUT2D eigenvalue weighted by Gasteiger charge is 2.12. The number of phenolic OH excluding ortho intramolecular Hbond substituents is 1. The molecular formula is C15H21NO4. The van der Waals surface area contributed by atoms with E-state index in [0.29, 0.717) is 24.3 Å². The van der Waals surface area contributed by atoms with Crippen molar-refractivity contribution in [3.05, 3.63) is 23.8 Å². The Hall–Kier alpha value is -1.59. The SMILES string of the molecule is CCC(=O)c1ccc(OCCN2CCOCC2)cc1O. The molecule has 5 nitrogen and oxygen atoms in total. The number of ether oxygens (including phenoxy) is 2. The molecule has 1 fully saturated rings. The lowest BCUT2D eigenvalue weighted by atomic mass is 10.1. The van der Waals surface area contributed by atoms with Crippen LogP contribution in [0.4, 0.5) is 0 Å². The minimum Gasteiger partial charge on any atom is -0.507 e. The van der Waals surface area contributed by atoms with Crippen molar-refractivity contribution in [1.29, 1.82) is 0 Å². The lowest BCUT2D eigenvalue weighted by Gasteiger charge is -2.26. The zero-order valence-corrected chi connectivity index (χ0v) is 11.8. The molecule has 0 radical (unpaired) electrons. The van der Waals surface area contributed by atoms with Crippen LogP contribution in [-0.2, 0) is 4.74 Å². The molecule has 1 N–H and O–H groups in total. The van der Waals surface area contributed by atoms with E-state index in [1.165, 1.54) is 6.07 Å². The number of ketones is 1. The van der Waals surface area contributed by atoms with Crippen LogP contribution in [-0.4, -0.2) is 55.2 Å². The molecule has 1 aliphatic rings. The summed E-state index contributed by atoms with van der Waals surface area (Å²) in [6.45, 7) is 6.56. The molecule has 0 saturated carbocycles. The van der Waals surface area contributed by atoms with Crippen LogP contribution in [0.25, 0.3) is 0 Å². The zero-order valence-electron chi connectivity index (χ0n) is 11.8. The molecule has 1 heterocycles. The predicted octanol–water partition coefficient (Wildman–Crippen LogP) is 1.70. The minimum absolute atomic E-state index is 0.0132. The van der Waals surface area contributed by atoms with Crippen molar-refractivity contribution in [2.45, 2.75) is 13.3 Å². The minimum atomic E-state index is -0.0673. The second-order valence-corrected chi connectivity index (χ2v) is 4.76. The van der Waals surface area contributed by atoms with Gasteiger partial charge in [0.2, 0.25) is 0 Å². The van der Waals surface area contributed by atoms with Gasteiger partial charge in [-0.15, -0.1) is 0 Å². The maximum atomic E-state index is 11.5. The second kappa shape index (κ2) is 7.26. The lowest BCUT2D eigenvalue weighted by Crippen LogP contribution is -2.38. The molecule has 5 heteroatoms. The molecule has 2 rings (SSSR count). The number of hydrogen-bond acceptors (Lipinski definition) is 5. The first kappa shape index (κ1) is 14.8. The summed E-state index contributed by atoms with van der Waals surface area (Å²) in [6, 6.07) is 4.84. The van der Waals surface area contributed by atoms with Crippen LogP contribution >= 0.6 is 0 Å². The van der Waals surface area contributed by atoms with Crippen molar-refractivity contribution in [1.82, 2.24) is 4.90 Å². The average molecular weight is 279 g/mol. The van der Waals surface area contributed by atoms with Gasteiger partial charge < -0.3 is 14.6 Å². The smallest absolute Gasteiger partial charge is 0.166 e. The van der Waals surface area contributed by atoms with Crippen LogP contribution in [0.3, 0.4) is 0 Å². The Morgan fingerprint density at radius 2 is 2.15 bits per heavy atom. The van der Waals surface area contributed by atoms with Gasteiger partial charge in [-0.25, -0.2) is 0 Å². The maximum Gasteiger partial charge on any atom is 0.166 e. The fourth-order valence-electron chi connectivity index (χ4n) is 2.14. The fraction of sp³-hybridized carbons (Fsp3) is 0.533. The average Bonchev–Trinajstić information content (AvgIpc) is 2.48. The van der Waals surface area contributed by atoms with Gasteiger partial charge in [0.25, 0.3) is 0 Å². The molecule has 1 aromatic carbocycles. The molecule has 1 aromatic rings. The Morgan fingerprint density at radius 1 is 1.40 bits per heavy atom. The molecule has 0 atom stereocenters. The third kappa shape index (κ3) is 3.95. The van der Waals surface area contributed by atoms with Crippen LogP contribution in [0.15, 0.2) is 18.2 Å². The number of hydrogen-bond donors (Lipinski definition) is 1. The number of Topliss-reactive ketones (excluding diaryl/α,β-unsaturated/α-hetero) is 1. The summed E-state index contributed by atoms with van der Waals surface area (Å²) in [5, 5.41) is 9.81. The summed E-state index contributed by atoms with van der Waals surface area (Å²) in [4.78, 5) is 13.8. The number of carbonyl (C=O) groups is 1. The summed E-state index contributed by atoms with van der Waals surface area (Å²) < 4.78 is 10.9. The number of phenols is 1. The molecule has 20 heavy (non-hydrogen) atoms. The number of rotatable bonds is 6. The van der Waals surface area contributed by atoms with Crippen molar-refractivity contribution in [2.75, 3.05) is 39.5 Å².